The van der Waals surface area contributed by atoms with Gasteiger partial charge in [0.2, 0.25) is 0 Å². The molecule has 0 spiro atoms. The van der Waals surface area contributed by atoms with Crippen molar-refractivity contribution in [2.24, 2.45) is 0 Å². The first-order chi connectivity index (χ1) is 7.06. The van der Waals surface area contributed by atoms with Crippen LogP contribution < -0.4 is 0 Å². The number of rotatable bonds is 3. The molecule has 1 rings (SSSR count). The van der Waals surface area contributed by atoms with Crippen LogP contribution in [0.4, 0.5) is 10.1 Å². The summed E-state index contributed by atoms with van der Waals surface area (Å²) in [5.41, 5.74) is 0.388. The van der Waals surface area contributed by atoms with Gasteiger partial charge in [-0.05, 0) is 13.0 Å². The summed E-state index contributed by atoms with van der Waals surface area (Å²) < 4.78 is 13.3. The summed E-state index contributed by atoms with van der Waals surface area (Å²) in [6.07, 6.45) is 2.95. The normalized spacial score (nSPS) is 10.9. The smallest absolute Gasteiger partial charge is 0.258 e. The van der Waals surface area contributed by atoms with E-state index in [-0.39, 0.29) is 17.1 Å². The van der Waals surface area contributed by atoms with Crippen molar-refractivity contribution >= 4 is 23.4 Å². The zero-order chi connectivity index (χ0) is 11.4. The third kappa shape index (κ3) is 2.76. The fourth-order valence-corrected chi connectivity index (χ4v) is 1.26. The number of nitro benzene ring substituents is 1. The summed E-state index contributed by atoms with van der Waals surface area (Å²) in [5.74, 6) is -0.249. The number of hydrogen-bond acceptors (Lipinski definition) is 2. The second kappa shape index (κ2) is 4.89. The molecule has 0 saturated carbocycles. The number of alkyl halides is 1. The molecule has 5 heteroatoms. The highest BCUT2D eigenvalue weighted by molar-refractivity contribution is 6.19. The molecular formula is C10H9ClFNO2. The molecule has 0 aliphatic heterocycles. The highest BCUT2D eigenvalue weighted by atomic mass is 35.5. The van der Waals surface area contributed by atoms with Gasteiger partial charge in [-0.25, -0.2) is 4.39 Å². The minimum Gasteiger partial charge on any atom is -0.258 e. The van der Waals surface area contributed by atoms with Crippen LogP contribution in [-0.4, -0.2) is 10.8 Å². The molecule has 1 aromatic rings. The largest absolute Gasteiger partial charge is 0.273 e. The average molecular weight is 230 g/mol. The number of nitro groups is 1. The molecule has 0 bridgehead atoms. The van der Waals surface area contributed by atoms with Crippen LogP contribution in [0.15, 0.2) is 18.2 Å². The van der Waals surface area contributed by atoms with Gasteiger partial charge in [0.15, 0.2) is 0 Å². The number of hydrogen-bond donors (Lipinski definition) is 0. The molecule has 0 aliphatic carbocycles. The van der Waals surface area contributed by atoms with E-state index >= 15 is 0 Å². The van der Waals surface area contributed by atoms with Crippen LogP contribution in [0.25, 0.3) is 6.08 Å². The van der Waals surface area contributed by atoms with Crippen LogP contribution in [0.2, 0.25) is 0 Å². The van der Waals surface area contributed by atoms with E-state index < -0.39 is 10.7 Å². The molecule has 0 aromatic heterocycles. The Morgan fingerprint density at radius 2 is 2.27 bits per heavy atom. The second-order valence-corrected chi connectivity index (χ2v) is 3.28. The standard InChI is InChI=1S/C10H9ClFNO2/c1-7-5-9(12)8(3-2-4-11)6-10(7)13(14)15/h2-3,5-6H,4H2,1H3. The van der Waals surface area contributed by atoms with Crippen molar-refractivity contribution in [1.29, 1.82) is 0 Å². The number of benzene rings is 1. The van der Waals surface area contributed by atoms with Crippen molar-refractivity contribution in [3.63, 3.8) is 0 Å². The topological polar surface area (TPSA) is 43.1 Å². The fraction of sp³-hybridized carbons (Fsp3) is 0.200. The number of allylic oxidation sites excluding steroid dienone is 1. The third-order valence-corrected chi connectivity index (χ3v) is 2.08. The average Bonchev–Trinajstić information content (AvgIpc) is 2.16. The van der Waals surface area contributed by atoms with Crippen molar-refractivity contribution in [1.82, 2.24) is 0 Å². The molecule has 0 N–H and O–H groups in total. The zero-order valence-corrected chi connectivity index (χ0v) is 8.79. The molecule has 15 heavy (non-hydrogen) atoms. The summed E-state index contributed by atoms with van der Waals surface area (Å²) in [6.45, 7) is 1.50. The minimum atomic E-state index is -0.535. The van der Waals surface area contributed by atoms with Gasteiger partial charge in [-0.1, -0.05) is 12.2 Å². The van der Waals surface area contributed by atoms with Crippen molar-refractivity contribution < 1.29 is 9.31 Å². The molecule has 1 aromatic carbocycles. The lowest BCUT2D eigenvalue weighted by Gasteiger charge is -2.00. The van der Waals surface area contributed by atoms with Crippen LogP contribution in [0.5, 0.6) is 0 Å². The molecule has 0 heterocycles. The van der Waals surface area contributed by atoms with Crippen molar-refractivity contribution in [3.05, 3.63) is 45.3 Å². The highest BCUT2D eigenvalue weighted by Gasteiger charge is 2.13. The molecule has 0 fully saturated rings. The van der Waals surface area contributed by atoms with E-state index in [4.69, 9.17) is 11.6 Å². The molecule has 0 saturated heterocycles. The quantitative estimate of drug-likeness (QED) is 0.453. The van der Waals surface area contributed by atoms with E-state index in [1.54, 1.807) is 0 Å². The van der Waals surface area contributed by atoms with Crippen molar-refractivity contribution in [2.75, 3.05) is 5.88 Å². The Hall–Kier alpha value is -1.42. The Kier molecular flexibility index (Phi) is 3.80. The maximum atomic E-state index is 13.3. The lowest BCUT2D eigenvalue weighted by Crippen LogP contribution is -1.94. The van der Waals surface area contributed by atoms with Gasteiger partial charge in [0, 0.05) is 23.1 Å². The third-order valence-electron chi connectivity index (χ3n) is 1.90. The maximum Gasteiger partial charge on any atom is 0.273 e. The van der Waals surface area contributed by atoms with Crippen LogP contribution in [-0.2, 0) is 0 Å². The monoisotopic (exact) mass is 229 g/mol. The first-order valence-corrected chi connectivity index (χ1v) is 4.76. The van der Waals surface area contributed by atoms with E-state index in [0.717, 1.165) is 6.07 Å². The summed E-state index contributed by atoms with van der Waals surface area (Å²) in [7, 11) is 0. The predicted octanol–water partition coefficient (Wildman–Crippen LogP) is 3.29. The summed E-state index contributed by atoms with van der Waals surface area (Å²) in [5, 5.41) is 10.6. The lowest BCUT2D eigenvalue weighted by atomic mass is 10.1. The van der Waals surface area contributed by atoms with E-state index in [1.165, 1.54) is 25.1 Å². The zero-order valence-electron chi connectivity index (χ0n) is 8.04. The molecule has 0 amide bonds. The Balaban J connectivity index is 3.23. The van der Waals surface area contributed by atoms with Gasteiger partial charge in [-0.2, -0.15) is 0 Å². The molecule has 0 atom stereocenters. The molecular weight excluding hydrogens is 221 g/mol. The van der Waals surface area contributed by atoms with E-state index in [9.17, 15) is 14.5 Å². The highest BCUT2D eigenvalue weighted by Crippen LogP contribution is 2.22. The minimum absolute atomic E-state index is 0.0920. The molecule has 0 unspecified atom stereocenters. The van der Waals surface area contributed by atoms with E-state index in [0.29, 0.717) is 5.56 Å². The molecule has 0 radical (unpaired) electrons. The SMILES string of the molecule is Cc1cc(F)c(C=CCCl)cc1[N+](=O)[O-]. The number of nitrogens with zero attached hydrogens (tertiary/aromatic N) is 1. The molecule has 3 nitrogen and oxygen atoms in total. The van der Waals surface area contributed by atoms with Gasteiger partial charge in [-0.3, -0.25) is 10.1 Å². The van der Waals surface area contributed by atoms with Crippen molar-refractivity contribution in [3.8, 4) is 0 Å². The first-order valence-electron chi connectivity index (χ1n) is 4.23. The number of aryl methyl sites for hydroxylation is 1. The summed E-state index contributed by atoms with van der Waals surface area (Å²) in [6, 6.07) is 2.35. The van der Waals surface area contributed by atoms with Crippen LogP contribution in [0.3, 0.4) is 0 Å². The van der Waals surface area contributed by atoms with Gasteiger partial charge in [-0.15, -0.1) is 11.6 Å². The van der Waals surface area contributed by atoms with Crippen molar-refractivity contribution in [2.45, 2.75) is 6.92 Å². The van der Waals surface area contributed by atoms with Gasteiger partial charge in [0.05, 0.1) is 4.92 Å². The van der Waals surface area contributed by atoms with Gasteiger partial charge >= 0.3 is 0 Å². The maximum absolute atomic E-state index is 13.3. The van der Waals surface area contributed by atoms with Gasteiger partial charge in [0.1, 0.15) is 5.82 Å². The summed E-state index contributed by atoms with van der Waals surface area (Å²) >= 11 is 5.39. The number of halogens is 2. The fourth-order valence-electron chi connectivity index (χ4n) is 1.17. The predicted molar refractivity (Wildman–Crippen MR) is 57.5 cm³/mol. The Morgan fingerprint density at radius 3 is 2.80 bits per heavy atom. The van der Waals surface area contributed by atoms with Crippen LogP contribution in [0, 0.1) is 22.9 Å². The Morgan fingerprint density at radius 1 is 1.60 bits per heavy atom. The second-order valence-electron chi connectivity index (χ2n) is 2.97. The van der Waals surface area contributed by atoms with E-state index in [1.807, 2.05) is 0 Å². The van der Waals surface area contributed by atoms with Crippen LogP contribution in [0.1, 0.15) is 11.1 Å². The summed E-state index contributed by atoms with van der Waals surface area (Å²) in [4.78, 5) is 10.1. The Bertz CT molecular complexity index is 418. The van der Waals surface area contributed by atoms with Gasteiger partial charge in [0.25, 0.3) is 5.69 Å². The first kappa shape index (κ1) is 11.7. The Labute approximate surface area is 91.3 Å². The molecule has 80 valence electrons. The van der Waals surface area contributed by atoms with Crippen LogP contribution >= 0.6 is 11.6 Å². The van der Waals surface area contributed by atoms with E-state index in [2.05, 4.69) is 0 Å². The van der Waals surface area contributed by atoms with Gasteiger partial charge < -0.3 is 0 Å². The lowest BCUT2D eigenvalue weighted by molar-refractivity contribution is -0.385. The molecule has 0 aliphatic rings.